The lowest BCUT2D eigenvalue weighted by atomic mass is 10.0. The van der Waals surface area contributed by atoms with Crippen molar-refractivity contribution in [2.24, 2.45) is 17.6 Å². The van der Waals surface area contributed by atoms with E-state index in [0.29, 0.717) is 18.3 Å². The van der Waals surface area contributed by atoms with Crippen molar-refractivity contribution in [2.45, 2.75) is 53.5 Å². The first-order chi connectivity index (χ1) is 7.11. The smallest absolute Gasteiger partial charge is 0.224 e. The second kappa shape index (κ2) is 6.24. The van der Waals surface area contributed by atoms with Crippen LogP contribution in [0.1, 0.15) is 48.0 Å². The molecule has 0 rings (SSSR count). The number of carbonyl (C=O) groups is 1. The summed E-state index contributed by atoms with van der Waals surface area (Å²) in [6.45, 7) is 14.0. The summed E-state index contributed by atoms with van der Waals surface area (Å²) >= 11 is 0. The number of carbonyl (C=O) groups excluding carboxylic acids is 1. The van der Waals surface area contributed by atoms with Crippen LogP contribution in [0, 0.1) is 11.8 Å². The number of hydrogen-bond donors (Lipinski definition) is 1. The molecule has 2 N–H and O–H groups in total. The summed E-state index contributed by atoms with van der Waals surface area (Å²) in [6, 6.07) is 0. The van der Waals surface area contributed by atoms with Gasteiger partial charge in [0.2, 0.25) is 5.91 Å². The van der Waals surface area contributed by atoms with Crippen LogP contribution in [-0.4, -0.2) is 29.4 Å². The molecule has 0 saturated carbocycles. The third-order valence-corrected chi connectivity index (χ3v) is 2.13. The molecule has 0 radical (unpaired) electrons. The fraction of sp³-hybridized carbons (Fsp3) is 0.923. The monoisotopic (exact) mass is 228 g/mol. The zero-order valence-electron chi connectivity index (χ0n) is 11.7. The molecule has 0 atom stereocenters. The van der Waals surface area contributed by atoms with Crippen molar-refractivity contribution in [2.75, 3.05) is 13.1 Å². The van der Waals surface area contributed by atoms with Crippen molar-refractivity contribution in [3.05, 3.63) is 0 Å². The van der Waals surface area contributed by atoms with E-state index < -0.39 is 5.54 Å². The van der Waals surface area contributed by atoms with E-state index in [9.17, 15) is 4.79 Å². The van der Waals surface area contributed by atoms with E-state index in [1.165, 1.54) is 0 Å². The summed E-state index contributed by atoms with van der Waals surface area (Å²) in [4.78, 5) is 14.0. The quantitative estimate of drug-likeness (QED) is 0.758. The summed E-state index contributed by atoms with van der Waals surface area (Å²) < 4.78 is 0. The molecular formula is C13H28N2O. The van der Waals surface area contributed by atoms with Crippen LogP contribution >= 0.6 is 0 Å². The highest BCUT2D eigenvalue weighted by Gasteiger charge is 2.22. The highest BCUT2D eigenvalue weighted by atomic mass is 16.2. The highest BCUT2D eigenvalue weighted by molar-refractivity contribution is 5.77. The maximum absolute atomic E-state index is 12.1. The first-order valence-corrected chi connectivity index (χ1v) is 6.18. The second-order valence-electron chi connectivity index (χ2n) is 6.25. The molecule has 0 aromatic heterocycles. The van der Waals surface area contributed by atoms with Gasteiger partial charge in [0.05, 0.1) is 0 Å². The predicted molar refractivity (Wildman–Crippen MR) is 69.1 cm³/mol. The van der Waals surface area contributed by atoms with E-state index in [-0.39, 0.29) is 5.91 Å². The van der Waals surface area contributed by atoms with E-state index in [2.05, 4.69) is 27.7 Å². The fourth-order valence-electron chi connectivity index (χ4n) is 1.66. The molecule has 96 valence electrons. The third kappa shape index (κ3) is 7.69. The van der Waals surface area contributed by atoms with Gasteiger partial charge in [-0.15, -0.1) is 0 Å². The summed E-state index contributed by atoms with van der Waals surface area (Å²) in [5.74, 6) is 1.18. The van der Waals surface area contributed by atoms with Crippen LogP contribution in [0.25, 0.3) is 0 Å². The van der Waals surface area contributed by atoms with Crippen molar-refractivity contribution in [1.29, 1.82) is 0 Å². The SMILES string of the molecule is CC(C)CN(CC(C)C)C(=O)CC(C)(C)N. The topological polar surface area (TPSA) is 46.3 Å². The molecule has 0 aromatic carbocycles. The minimum absolute atomic E-state index is 0.176. The van der Waals surface area contributed by atoms with Gasteiger partial charge in [0.1, 0.15) is 0 Å². The lowest BCUT2D eigenvalue weighted by Gasteiger charge is -2.29. The van der Waals surface area contributed by atoms with E-state index in [1.54, 1.807) is 0 Å². The van der Waals surface area contributed by atoms with Gasteiger partial charge in [-0.05, 0) is 25.7 Å². The molecule has 1 amide bonds. The lowest BCUT2D eigenvalue weighted by Crippen LogP contribution is -2.43. The van der Waals surface area contributed by atoms with E-state index in [1.807, 2.05) is 18.7 Å². The van der Waals surface area contributed by atoms with Crippen LogP contribution in [0.5, 0.6) is 0 Å². The van der Waals surface area contributed by atoms with Gasteiger partial charge in [-0.25, -0.2) is 0 Å². The molecule has 16 heavy (non-hydrogen) atoms. The maximum Gasteiger partial charge on any atom is 0.224 e. The minimum atomic E-state index is -0.413. The molecule has 0 fully saturated rings. The molecular weight excluding hydrogens is 200 g/mol. The van der Waals surface area contributed by atoms with Crippen LogP contribution in [0.3, 0.4) is 0 Å². The molecule has 0 unspecified atom stereocenters. The zero-order chi connectivity index (χ0) is 12.9. The summed E-state index contributed by atoms with van der Waals surface area (Å²) in [6.07, 6.45) is 0.423. The van der Waals surface area contributed by atoms with Gasteiger partial charge < -0.3 is 10.6 Å². The Hall–Kier alpha value is -0.570. The van der Waals surface area contributed by atoms with Crippen molar-refractivity contribution in [1.82, 2.24) is 4.90 Å². The Morgan fingerprint density at radius 3 is 1.75 bits per heavy atom. The van der Waals surface area contributed by atoms with Gasteiger partial charge in [0, 0.05) is 25.0 Å². The highest BCUT2D eigenvalue weighted by Crippen LogP contribution is 2.11. The average molecular weight is 228 g/mol. The maximum atomic E-state index is 12.1. The van der Waals surface area contributed by atoms with Crippen molar-refractivity contribution in [3.63, 3.8) is 0 Å². The minimum Gasteiger partial charge on any atom is -0.342 e. The normalized spacial score (nSPS) is 12.3. The Morgan fingerprint density at radius 1 is 1.12 bits per heavy atom. The molecule has 0 aliphatic rings. The van der Waals surface area contributed by atoms with Gasteiger partial charge in [-0.3, -0.25) is 4.79 Å². The van der Waals surface area contributed by atoms with E-state index in [4.69, 9.17) is 5.73 Å². The molecule has 0 aliphatic heterocycles. The van der Waals surface area contributed by atoms with Crippen LogP contribution in [-0.2, 0) is 4.79 Å². The van der Waals surface area contributed by atoms with Gasteiger partial charge in [0.25, 0.3) is 0 Å². The Kier molecular flexibility index (Phi) is 6.01. The summed E-state index contributed by atoms with van der Waals surface area (Å²) in [5.41, 5.74) is 5.47. The molecule has 0 aromatic rings. The summed E-state index contributed by atoms with van der Waals surface area (Å²) in [7, 11) is 0. The van der Waals surface area contributed by atoms with E-state index >= 15 is 0 Å². The number of nitrogens with zero attached hydrogens (tertiary/aromatic N) is 1. The molecule has 3 heteroatoms. The van der Waals surface area contributed by atoms with Gasteiger partial charge >= 0.3 is 0 Å². The standard InChI is InChI=1S/C13H28N2O/c1-10(2)8-15(9-11(3)4)12(16)7-13(5,6)14/h10-11H,7-9,14H2,1-6H3. The van der Waals surface area contributed by atoms with Crippen LogP contribution < -0.4 is 5.73 Å². The van der Waals surface area contributed by atoms with E-state index in [0.717, 1.165) is 13.1 Å². The number of hydrogen-bond acceptors (Lipinski definition) is 2. The molecule has 0 spiro atoms. The molecule has 0 bridgehead atoms. The Labute approximate surface area is 100 Å². The third-order valence-electron chi connectivity index (χ3n) is 2.13. The van der Waals surface area contributed by atoms with Gasteiger partial charge in [0.15, 0.2) is 0 Å². The van der Waals surface area contributed by atoms with Crippen LogP contribution in [0.15, 0.2) is 0 Å². The fourth-order valence-corrected chi connectivity index (χ4v) is 1.66. The predicted octanol–water partition coefficient (Wildman–Crippen LogP) is 2.25. The molecule has 0 saturated heterocycles. The van der Waals surface area contributed by atoms with Crippen LogP contribution in [0.2, 0.25) is 0 Å². The Balaban J connectivity index is 4.44. The van der Waals surface area contributed by atoms with Gasteiger partial charge in [-0.1, -0.05) is 27.7 Å². The van der Waals surface area contributed by atoms with Crippen molar-refractivity contribution in [3.8, 4) is 0 Å². The van der Waals surface area contributed by atoms with Crippen LogP contribution in [0.4, 0.5) is 0 Å². The summed E-state index contributed by atoms with van der Waals surface area (Å²) in [5, 5.41) is 0. The molecule has 3 nitrogen and oxygen atoms in total. The number of amides is 1. The van der Waals surface area contributed by atoms with Gasteiger partial charge in [-0.2, -0.15) is 0 Å². The van der Waals surface area contributed by atoms with Crippen molar-refractivity contribution >= 4 is 5.91 Å². The average Bonchev–Trinajstić information content (AvgIpc) is 1.97. The Morgan fingerprint density at radius 2 is 1.50 bits per heavy atom. The Bertz CT molecular complexity index is 206. The van der Waals surface area contributed by atoms with Crippen molar-refractivity contribution < 1.29 is 4.79 Å². The zero-order valence-corrected chi connectivity index (χ0v) is 11.7. The number of nitrogens with two attached hydrogens (primary N) is 1. The first kappa shape index (κ1) is 15.4. The second-order valence-corrected chi connectivity index (χ2v) is 6.25. The first-order valence-electron chi connectivity index (χ1n) is 6.18. The number of rotatable bonds is 6. The molecule has 0 heterocycles. The largest absolute Gasteiger partial charge is 0.342 e. The molecule has 0 aliphatic carbocycles. The lowest BCUT2D eigenvalue weighted by molar-refractivity contribution is -0.133.